The average molecular weight is 621 g/mol. The number of carbonyl (C=O) groups excluding carboxylic acids is 1. The number of nitrogens with one attached hydrogen (secondary N) is 3. The third-order valence-corrected chi connectivity index (χ3v) is 7.73. The molecule has 0 bridgehead atoms. The normalized spacial score (nSPS) is 14.9. The molecule has 0 unspecified atom stereocenters. The Morgan fingerprint density at radius 1 is 1.02 bits per heavy atom. The number of amides is 1. The zero-order valence-corrected chi connectivity index (χ0v) is 23.7. The number of aromatic nitrogens is 3. The highest BCUT2D eigenvalue weighted by Gasteiger charge is 2.36. The van der Waals surface area contributed by atoms with E-state index in [0.29, 0.717) is 30.3 Å². The molecule has 2 aliphatic rings. The van der Waals surface area contributed by atoms with Gasteiger partial charge in [0, 0.05) is 36.1 Å². The minimum Gasteiger partial charge on any atom is -0.371 e. The zero-order chi connectivity index (χ0) is 31.9. The molecular formula is C31H25F5N8O. The van der Waals surface area contributed by atoms with Crippen molar-refractivity contribution in [2.24, 2.45) is 10.9 Å². The Bertz CT molecular complexity index is 1850. The third kappa shape index (κ3) is 5.82. The van der Waals surface area contributed by atoms with Crippen molar-refractivity contribution >= 4 is 46.4 Å². The number of alkyl halides is 3. The topological polar surface area (TPSA) is 119 Å². The molecule has 230 valence electrons. The Kier molecular flexibility index (Phi) is 7.73. The van der Waals surface area contributed by atoms with E-state index in [9.17, 15) is 22.4 Å². The fourth-order valence-corrected chi connectivity index (χ4v) is 5.29. The summed E-state index contributed by atoms with van der Waals surface area (Å²) in [5.74, 6) is -2.83. The van der Waals surface area contributed by atoms with E-state index in [2.05, 4.69) is 30.6 Å². The second kappa shape index (κ2) is 11.7. The van der Waals surface area contributed by atoms with E-state index in [1.165, 1.54) is 30.9 Å². The van der Waals surface area contributed by atoms with Crippen molar-refractivity contribution in [2.45, 2.75) is 25.9 Å². The quantitative estimate of drug-likeness (QED) is 0.197. The first-order valence-electron chi connectivity index (χ1n) is 14.0. The van der Waals surface area contributed by atoms with E-state index in [-0.39, 0.29) is 34.2 Å². The molecule has 4 aromatic rings. The molecule has 1 amide bonds. The summed E-state index contributed by atoms with van der Waals surface area (Å²) in [4.78, 5) is 31.4. The molecule has 0 atom stereocenters. The lowest BCUT2D eigenvalue weighted by Gasteiger charge is -2.34. The van der Waals surface area contributed by atoms with Crippen molar-refractivity contribution in [1.29, 1.82) is 5.41 Å². The van der Waals surface area contributed by atoms with Gasteiger partial charge in [0.2, 0.25) is 0 Å². The van der Waals surface area contributed by atoms with Gasteiger partial charge in [-0.15, -0.1) is 0 Å². The second-order valence-electron chi connectivity index (χ2n) is 10.8. The number of aliphatic imine (C=N–C) groups is 1. The van der Waals surface area contributed by atoms with Gasteiger partial charge in [0.05, 0.1) is 17.5 Å². The second-order valence-corrected chi connectivity index (χ2v) is 10.8. The van der Waals surface area contributed by atoms with Crippen LogP contribution >= 0.6 is 0 Å². The highest BCUT2D eigenvalue weighted by atomic mass is 19.4. The number of hydrogen-bond donors (Lipinski definition) is 3. The van der Waals surface area contributed by atoms with Crippen LogP contribution in [0, 0.1) is 23.0 Å². The largest absolute Gasteiger partial charge is 0.418 e. The Balaban J connectivity index is 1.29. The van der Waals surface area contributed by atoms with Crippen LogP contribution in [0.15, 0.2) is 60.0 Å². The van der Waals surface area contributed by atoms with Gasteiger partial charge >= 0.3 is 6.18 Å². The van der Waals surface area contributed by atoms with Crippen molar-refractivity contribution in [3.8, 4) is 11.3 Å². The number of nitrogens with zero attached hydrogens (tertiary/aromatic N) is 5. The smallest absolute Gasteiger partial charge is 0.371 e. The molecule has 6 rings (SSSR count). The monoisotopic (exact) mass is 620 g/mol. The zero-order valence-electron chi connectivity index (χ0n) is 23.7. The van der Waals surface area contributed by atoms with Crippen molar-refractivity contribution in [2.75, 3.05) is 28.6 Å². The van der Waals surface area contributed by atoms with Gasteiger partial charge in [-0.05, 0) is 61.2 Å². The number of fused-ring (bicyclic) bond motifs is 1. The molecule has 0 spiro atoms. The van der Waals surface area contributed by atoms with Crippen LogP contribution in [-0.2, 0) is 6.18 Å². The van der Waals surface area contributed by atoms with Crippen molar-refractivity contribution < 1.29 is 26.7 Å². The van der Waals surface area contributed by atoms with Gasteiger partial charge in [-0.25, -0.2) is 28.7 Å². The summed E-state index contributed by atoms with van der Waals surface area (Å²) < 4.78 is 72.9. The molecule has 9 nitrogen and oxygen atoms in total. The first-order valence-corrected chi connectivity index (χ1v) is 14.0. The van der Waals surface area contributed by atoms with Crippen LogP contribution in [-0.4, -0.2) is 45.9 Å². The van der Waals surface area contributed by atoms with Gasteiger partial charge in [0.15, 0.2) is 5.82 Å². The number of hydrogen-bond acceptors (Lipinski definition) is 8. The SMILES string of the molecule is CC1CCN(c2ccc(C(=O)Nc3ccc(F)c(Nc4ncccc4-c4ncnc5c4N=CC5=N)c3F)cc2C(F)(F)F)CC1. The molecule has 2 aromatic heterocycles. The summed E-state index contributed by atoms with van der Waals surface area (Å²) >= 11 is 0. The molecule has 4 heterocycles. The number of rotatable bonds is 6. The fourth-order valence-electron chi connectivity index (χ4n) is 5.29. The van der Waals surface area contributed by atoms with Crippen LogP contribution in [0.4, 0.5) is 50.5 Å². The van der Waals surface area contributed by atoms with E-state index >= 15 is 4.39 Å². The third-order valence-electron chi connectivity index (χ3n) is 7.73. The predicted molar refractivity (Wildman–Crippen MR) is 160 cm³/mol. The highest BCUT2D eigenvalue weighted by Crippen LogP contribution is 2.40. The Labute approximate surface area is 253 Å². The maximum Gasteiger partial charge on any atom is 0.418 e. The molecule has 0 radical (unpaired) electrons. The number of piperidine rings is 1. The van der Waals surface area contributed by atoms with E-state index < -0.39 is 40.7 Å². The lowest BCUT2D eigenvalue weighted by atomic mass is 9.97. The molecule has 1 saturated heterocycles. The van der Waals surface area contributed by atoms with Gasteiger partial charge in [-0.3, -0.25) is 10.2 Å². The lowest BCUT2D eigenvalue weighted by Crippen LogP contribution is -2.34. The molecule has 2 aromatic carbocycles. The van der Waals surface area contributed by atoms with Crippen LogP contribution < -0.4 is 15.5 Å². The van der Waals surface area contributed by atoms with E-state index in [1.807, 2.05) is 6.92 Å². The van der Waals surface area contributed by atoms with Crippen molar-refractivity contribution in [3.63, 3.8) is 0 Å². The first kappa shape index (κ1) is 29.8. The van der Waals surface area contributed by atoms with Crippen molar-refractivity contribution in [3.05, 3.63) is 83.4 Å². The molecule has 0 aliphatic carbocycles. The standard InChI is InChI=1S/C31H25F5N8O/c1-16-8-11-44(12-9-16)23-7-4-17(13-19(23)31(34,35)36)30(45)42-22-6-5-20(32)26(24(22)33)43-29-18(3-2-10-38-29)25-28-27(41-15-40-25)21(37)14-39-28/h2-7,10,13-16,37H,8-9,11-12H2,1H3,(H,38,43)(H,42,45). The van der Waals surface area contributed by atoms with Gasteiger partial charge in [-0.1, -0.05) is 6.92 Å². The minimum absolute atomic E-state index is 0.00850. The molecule has 1 fully saturated rings. The number of pyridine rings is 1. The number of anilines is 4. The van der Waals surface area contributed by atoms with E-state index in [4.69, 9.17) is 5.41 Å². The van der Waals surface area contributed by atoms with Crippen LogP contribution in [0.25, 0.3) is 11.3 Å². The van der Waals surface area contributed by atoms with Gasteiger partial charge in [0.1, 0.15) is 46.4 Å². The number of carbonyl (C=O) groups is 1. The fraction of sp³-hybridized carbons (Fsp3) is 0.226. The van der Waals surface area contributed by atoms with Crippen LogP contribution in [0.2, 0.25) is 0 Å². The van der Waals surface area contributed by atoms with Gasteiger partial charge in [-0.2, -0.15) is 13.2 Å². The van der Waals surface area contributed by atoms with Gasteiger partial charge < -0.3 is 15.5 Å². The summed E-state index contributed by atoms with van der Waals surface area (Å²) in [6.45, 7) is 2.97. The summed E-state index contributed by atoms with van der Waals surface area (Å²) in [7, 11) is 0. The minimum atomic E-state index is -4.73. The Hall–Kier alpha value is -5.27. The molecule has 0 saturated carbocycles. The first-order chi connectivity index (χ1) is 21.5. The molecule has 14 heteroatoms. The Morgan fingerprint density at radius 3 is 2.53 bits per heavy atom. The maximum absolute atomic E-state index is 15.7. The molecule has 3 N–H and O–H groups in total. The van der Waals surface area contributed by atoms with Crippen LogP contribution in [0.3, 0.4) is 0 Å². The van der Waals surface area contributed by atoms with E-state index in [0.717, 1.165) is 31.0 Å². The molecular weight excluding hydrogens is 595 g/mol. The number of halogens is 5. The predicted octanol–water partition coefficient (Wildman–Crippen LogP) is 7.15. The van der Waals surface area contributed by atoms with Crippen LogP contribution in [0.5, 0.6) is 0 Å². The maximum atomic E-state index is 15.7. The van der Waals surface area contributed by atoms with Gasteiger partial charge in [0.25, 0.3) is 5.91 Å². The average Bonchev–Trinajstić information content (AvgIpc) is 3.41. The summed E-state index contributed by atoms with van der Waals surface area (Å²) in [5, 5.41) is 12.8. The summed E-state index contributed by atoms with van der Waals surface area (Å²) in [6.07, 6.45) is 0.681. The molecule has 45 heavy (non-hydrogen) atoms. The Morgan fingerprint density at radius 2 is 1.78 bits per heavy atom. The van der Waals surface area contributed by atoms with E-state index in [1.54, 1.807) is 17.0 Å². The highest BCUT2D eigenvalue weighted by molar-refractivity contribution is 6.41. The van der Waals surface area contributed by atoms with Crippen LogP contribution in [0.1, 0.15) is 41.4 Å². The molecule has 2 aliphatic heterocycles. The summed E-state index contributed by atoms with van der Waals surface area (Å²) in [6, 6.07) is 8.28. The number of benzene rings is 2. The summed E-state index contributed by atoms with van der Waals surface area (Å²) in [5.41, 5.74) is -1.25. The lowest BCUT2D eigenvalue weighted by molar-refractivity contribution is -0.137. The van der Waals surface area contributed by atoms with Crippen molar-refractivity contribution in [1.82, 2.24) is 15.0 Å².